The van der Waals surface area contributed by atoms with E-state index in [-0.39, 0.29) is 5.91 Å². The Morgan fingerprint density at radius 2 is 2.05 bits per heavy atom. The fourth-order valence-corrected chi connectivity index (χ4v) is 2.31. The van der Waals surface area contributed by atoms with Gasteiger partial charge in [-0.3, -0.25) is 4.79 Å². The first-order valence-corrected chi connectivity index (χ1v) is 7.35. The van der Waals surface area contributed by atoms with Crippen LogP contribution in [0.25, 0.3) is 0 Å². The molecule has 1 amide bonds. The molecule has 0 aromatic heterocycles. The molecule has 2 atom stereocenters. The molecule has 0 heterocycles. The monoisotopic (exact) mass is 278 g/mol. The summed E-state index contributed by atoms with van der Waals surface area (Å²) in [6.07, 6.45) is 2.78. The number of nitrogens with two attached hydrogens (primary N) is 1. The number of anilines is 1. The normalized spacial score (nSPS) is 13.8. The zero-order valence-corrected chi connectivity index (χ0v) is 12.4. The lowest BCUT2D eigenvalue weighted by Crippen LogP contribution is -2.16. The third-order valence-electron chi connectivity index (χ3n) is 3.62. The molecular formula is C16H26N2O2. The highest BCUT2D eigenvalue weighted by atomic mass is 16.3. The number of hydrogen-bond acceptors (Lipinski definition) is 3. The van der Waals surface area contributed by atoms with Crippen LogP contribution >= 0.6 is 0 Å². The second-order valence-corrected chi connectivity index (χ2v) is 5.20. The van der Waals surface area contributed by atoms with Crippen LogP contribution in [0.5, 0.6) is 0 Å². The predicted molar refractivity (Wildman–Crippen MR) is 82.4 cm³/mol. The molecule has 4 nitrogen and oxygen atoms in total. The van der Waals surface area contributed by atoms with Gasteiger partial charge in [-0.2, -0.15) is 0 Å². The van der Waals surface area contributed by atoms with E-state index in [2.05, 4.69) is 12.2 Å². The minimum Gasteiger partial charge on any atom is -0.389 e. The highest BCUT2D eigenvalue weighted by Crippen LogP contribution is 2.23. The molecule has 4 N–H and O–H groups in total. The topological polar surface area (TPSA) is 75.4 Å². The van der Waals surface area contributed by atoms with Crippen LogP contribution in [0.15, 0.2) is 24.3 Å². The molecule has 112 valence electrons. The van der Waals surface area contributed by atoms with Gasteiger partial charge in [0.05, 0.1) is 6.10 Å². The standard InChI is InChI=1S/C16H26N2O2/c1-3-13(10-11-17)8-9-16(20)18-15-7-5-4-6-14(15)12(2)19/h4-7,12-13,19H,3,8-11,17H2,1-2H3,(H,18,20). The van der Waals surface area contributed by atoms with Crippen molar-refractivity contribution in [1.29, 1.82) is 0 Å². The predicted octanol–water partition coefficient (Wildman–Crippen LogP) is 2.83. The van der Waals surface area contributed by atoms with E-state index >= 15 is 0 Å². The van der Waals surface area contributed by atoms with E-state index in [1.807, 2.05) is 24.3 Å². The number of hydrogen-bond donors (Lipinski definition) is 3. The Morgan fingerprint density at radius 3 is 2.65 bits per heavy atom. The molecular weight excluding hydrogens is 252 g/mol. The van der Waals surface area contributed by atoms with Crippen LogP contribution < -0.4 is 11.1 Å². The lowest BCUT2D eigenvalue weighted by molar-refractivity contribution is -0.116. The summed E-state index contributed by atoms with van der Waals surface area (Å²) in [6.45, 7) is 4.49. The Balaban J connectivity index is 2.54. The second-order valence-electron chi connectivity index (χ2n) is 5.20. The van der Waals surface area contributed by atoms with Crippen LogP contribution in [0.3, 0.4) is 0 Å². The first-order valence-electron chi connectivity index (χ1n) is 7.35. The summed E-state index contributed by atoms with van der Waals surface area (Å²) in [4.78, 5) is 12.0. The summed E-state index contributed by atoms with van der Waals surface area (Å²) in [5.74, 6) is 0.506. The van der Waals surface area contributed by atoms with Gasteiger partial charge >= 0.3 is 0 Å². The van der Waals surface area contributed by atoms with Gasteiger partial charge in [0.2, 0.25) is 5.91 Å². The summed E-state index contributed by atoms with van der Waals surface area (Å²) in [5, 5.41) is 12.6. The van der Waals surface area contributed by atoms with Crippen molar-refractivity contribution in [3.63, 3.8) is 0 Å². The molecule has 0 aliphatic carbocycles. The number of aliphatic hydroxyl groups excluding tert-OH is 1. The van der Waals surface area contributed by atoms with Crippen LogP contribution in [0, 0.1) is 5.92 Å². The Morgan fingerprint density at radius 1 is 1.35 bits per heavy atom. The van der Waals surface area contributed by atoms with Gasteiger partial charge in [-0.05, 0) is 38.3 Å². The van der Waals surface area contributed by atoms with Crippen molar-refractivity contribution in [1.82, 2.24) is 0 Å². The lowest BCUT2D eigenvalue weighted by atomic mass is 9.96. The fourth-order valence-electron chi connectivity index (χ4n) is 2.31. The molecule has 2 unspecified atom stereocenters. The molecule has 4 heteroatoms. The number of carbonyl (C=O) groups excluding carboxylic acids is 1. The van der Waals surface area contributed by atoms with E-state index in [4.69, 9.17) is 5.73 Å². The minimum absolute atomic E-state index is 0.00595. The molecule has 0 saturated heterocycles. The van der Waals surface area contributed by atoms with Gasteiger partial charge < -0.3 is 16.2 Å². The SMILES string of the molecule is CCC(CCN)CCC(=O)Nc1ccccc1C(C)O. The van der Waals surface area contributed by atoms with Crippen molar-refractivity contribution >= 4 is 11.6 Å². The molecule has 1 aromatic rings. The molecule has 1 rings (SSSR count). The van der Waals surface area contributed by atoms with Gasteiger partial charge in [-0.25, -0.2) is 0 Å². The van der Waals surface area contributed by atoms with Gasteiger partial charge in [0.15, 0.2) is 0 Å². The Labute approximate surface area is 121 Å². The minimum atomic E-state index is -0.591. The van der Waals surface area contributed by atoms with E-state index in [9.17, 15) is 9.90 Å². The fraction of sp³-hybridized carbons (Fsp3) is 0.562. The van der Waals surface area contributed by atoms with Crippen LogP contribution in [0.1, 0.15) is 51.2 Å². The largest absolute Gasteiger partial charge is 0.389 e. The van der Waals surface area contributed by atoms with Gasteiger partial charge in [0.1, 0.15) is 0 Å². The summed E-state index contributed by atoms with van der Waals surface area (Å²) in [7, 11) is 0. The number of carbonyl (C=O) groups is 1. The quantitative estimate of drug-likeness (QED) is 0.684. The molecule has 1 aromatic carbocycles. The first kappa shape index (κ1) is 16.7. The van der Waals surface area contributed by atoms with Crippen molar-refractivity contribution in [2.75, 3.05) is 11.9 Å². The summed E-state index contributed by atoms with van der Waals surface area (Å²) in [6, 6.07) is 7.34. The first-order chi connectivity index (χ1) is 9.58. The van der Waals surface area contributed by atoms with Crippen molar-refractivity contribution < 1.29 is 9.90 Å². The number of benzene rings is 1. The second kappa shape index (κ2) is 8.72. The van der Waals surface area contributed by atoms with Crippen LogP contribution in [-0.4, -0.2) is 17.6 Å². The third kappa shape index (κ3) is 5.31. The van der Waals surface area contributed by atoms with Crippen LogP contribution in [0.4, 0.5) is 5.69 Å². The molecule has 0 spiro atoms. The van der Waals surface area contributed by atoms with E-state index in [0.29, 0.717) is 24.6 Å². The van der Waals surface area contributed by atoms with Crippen LogP contribution in [0.2, 0.25) is 0 Å². The van der Waals surface area contributed by atoms with Gasteiger partial charge in [0.25, 0.3) is 0 Å². The van der Waals surface area contributed by atoms with E-state index < -0.39 is 6.10 Å². The highest BCUT2D eigenvalue weighted by Gasteiger charge is 2.12. The zero-order chi connectivity index (χ0) is 15.0. The number of rotatable bonds is 8. The molecule has 0 aliphatic heterocycles. The number of nitrogens with one attached hydrogen (secondary N) is 1. The number of amides is 1. The Bertz CT molecular complexity index is 419. The molecule has 0 fully saturated rings. The number of para-hydroxylation sites is 1. The summed E-state index contributed by atoms with van der Waals surface area (Å²) >= 11 is 0. The molecule has 0 saturated carbocycles. The van der Waals surface area contributed by atoms with E-state index in [0.717, 1.165) is 24.8 Å². The maximum atomic E-state index is 12.0. The van der Waals surface area contributed by atoms with Crippen molar-refractivity contribution in [2.24, 2.45) is 11.7 Å². The third-order valence-corrected chi connectivity index (χ3v) is 3.62. The van der Waals surface area contributed by atoms with E-state index in [1.54, 1.807) is 6.92 Å². The average molecular weight is 278 g/mol. The molecule has 0 radical (unpaired) electrons. The maximum absolute atomic E-state index is 12.0. The van der Waals surface area contributed by atoms with Crippen molar-refractivity contribution in [3.8, 4) is 0 Å². The zero-order valence-electron chi connectivity index (χ0n) is 12.4. The lowest BCUT2D eigenvalue weighted by Gasteiger charge is -2.15. The smallest absolute Gasteiger partial charge is 0.224 e. The van der Waals surface area contributed by atoms with Gasteiger partial charge in [-0.1, -0.05) is 31.5 Å². The van der Waals surface area contributed by atoms with E-state index in [1.165, 1.54) is 0 Å². The highest BCUT2D eigenvalue weighted by molar-refractivity contribution is 5.91. The molecule has 20 heavy (non-hydrogen) atoms. The molecule has 0 aliphatic rings. The summed E-state index contributed by atoms with van der Waals surface area (Å²) < 4.78 is 0. The van der Waals surface area contributed by atoms with Gasteiger partial charge in [-0.15, -0.1) is 0 Å². The Kier molecular flexibility index (Phi) is 7.26. The maximum Gasteiger partial charge on any atom is 0.224 e. The van der Waals surface area contributed by atoms with Crippen LogP contribution in [-0.2, 0) is 4.79 Å². The molecule has 0 bridgehead atoms. The number of aliphatic hydroxyl groups is 1. The summed E-state index contributed by atoms with van der Waals surface area (Å²) in [5.41, 5.74) is 7.00. The Hall–Kier alpha value is -1.39. The van der Waals surface area contributed by atoms with Gasteiger partial charge in [0, 0.05) is 17.7 Å². The average Bonchev–Trinajstić information content (AvgIpc) is 2.43. The van der Waals surface area contributed by atoms with Crippen molar-refractivity contribution in [2.45, 2.75) is 45.6 Å². The van der Waals surface area contributed by atoms with Crippen molar-refractivity contribution in [3.05, 3.63) is 29.8 Å².